The van der Waals surface area contributed by atoms with Gasteiger partial charge in [0.25, 0.3) is 0 Å². The molecule has 4 unspecified atom stereocenters. The van der Waals surface area contributed by atoms with Gasteiger partial charge in [0.1, 0.15) is 4.62 Å². The Morgan fingerprint density at radius 1 is 1.03 bits per heavy atom. The van der Waals surface area contributed by atoms with Crippen LogP contribution in [0.1, 0.15) is 28.7 Å². The number of hydrogen-bond acceptors (Lipinski definition) is 8. The molecule has 0 spiro atoms. The standard InChI is InChI=1S/C22H20BrNO8/c1-27-14-4-9(5-15(28-2)20(14)29-3)16-10-6-12-13(31-8-30-12)7-11(10)19-18(17(16)22(25)26)21(23)24-32-19/h4-7,16-19H,8H2,1-3H3,(H,25,26). The minimum absolute atomic E-state index is 0.102. The number of carboxylic acid groups (broad SMARTS) is 1. The maximum absolute atomic E-state index is 12.6. The summed E-state index contributed by atoms with van der Waals surface area (Å²) in [4.78, 5) is 18.3. The summed E-state index contributed by atoms with van der Waals surface area (Å²) in [5, 5.41) is 14.4. The molecule has 2 aromatic rings. The zero-order chi connectivity index (χ0) is 22.6. The fraction of sp³-hybridized carbons (Fsp3) is 0.364. The second-order valence-corrected chi connectivity index (χ2v) is 8.41. The van der Waals surface area contributed by atoms with Gasteiger partial charge in [0.15, 0.2) is 29.1 Å². The average Bonchev–Trinajstić information content (AvgIpc) is 3.41. The molecule has 0 bridgehead atoms. The number of carboxylic acids is 1. The summed E-state index contributed by atoms with van der Waals surface area (Å²) in [5.74, 6) is -0.501. The number of aliphatic carboxylic acids is 1. The molecule has 168 valence electrons. The minimum Gasteiger partial charge on any atom is -0.493 e. The van der Waals surface area contributed by atoms with Crippen LogP contribution in [0.15, 0.2) is 29.4 Å². The van der Waals surface area contributed by atoms with Gasteiger partial charge < -0.3 is 33.6 Å². The van der Waals surface area contributed by atoms with Gasteiger partial charge in [-0.2, -0.15) is 0 Å². The van der Waals surface area contributed by atoms with E-state index in [-0.39, 0.29) is 6.79 Å². The summed E-state index contributed by atoms with van der Waals surface area (Å²) in [7, 11) is 4.56. The molecule has 2 aliphatic heterocycles. The molecule has 2 heterocycles. The SMILES string of the molecule is COc1cc(C2c3cc4c(cc3C3ON=C(Br)C3C2C(=O)O)OCO4)cc(OC)c1OC. The van der Waals surface area contributed by atoms with Crippen molar-refractivity contribution < 1.29 is 38.4 Å². The smallest absolute Gasteiger partial charge is 0.308 e. The van der Waals surface area contributed by atoms with Crippen LogP contribution < -0.4 is 23.7 Å². The van der Waals surface area contributed by atoms with E-state index in [1.165, 1.54) is 21.3 Å². The predicted molar refractivity (Wildman–Crippen MR) is 115 cm³/mol. The van der Waals surface area contributed by atoms with Crippen LogP contribution in [0.4, 0.5) is 0 Å². The Hall–Kier alpha value is -3.14. The van der Waals surface area contributed by atoms with E-state index in [0.717, 1.165) is 11.1 Å². The Morgan fingerprint density at radius 2 is 1.66 bits per heavy atom. The Morgan fingerprint density at radius 3 is 2.22 bits per heavy atom. The van der Waals surface area contributed by atoms with Crippen molar-refractivity contribution in [3.8, 4) is 28.7 Å². The van der Waals surface area contributed by atoms with Gasteiger partial charge in [0.05, 0.1) is 33.2 Å². The Labute approximate surface area is 191 Å². The zero-order valence-electron chi connectivity index (χ0n) is 17.5. The summed E-state index contributed by atoms with van der Waals surface area (Å²) >= 11 is 3.42. The molecule has 0 fully saturated rings. The monoisotopic (exact) mass is 505 g/mol. The predicted octanol–water partition coefficient (Wildman–Crippen LogP) is 3.68. The molecule has 0 radical (unpaired) electrons. The third-order valence-corrected chi connectivity index (χ3v) is 6.83. The molecule has 5 rings (SSSR count). The van der Waals surface area contributed by atoms with Gasteiger partial charge >= 0.3 is 5.97 Å². The first-order chi connectivity index (χ1) is 15.5. The number of rotatable bonds is 5. The Balaban J connectivity index is 1.77. The molecule has 0 saturated carbocycles. The number of halogens is 1. The van der Waals surface area contributed by atoms with Crippen molar-refractivity contribution >= 4 is 26.5 Å². The maximum atomic E-state index is 12.6. The summed E-state index contributed by atoms with van der Waals surface area (Å²) in [6, 6.07) is 7.22. The molecular formula is C22H20BrNO8. The fourth-order valence-corrected chi connectivity index (χ4v) is 5.41. The quantitative estimate of drug-likeness (QED) is 0.655. The first-order valence-corrected chi connectivity index (χ1v) is 10.6. The van der Waals surface area contributed by atoms with E-state index in [1.54, 1.807) is 12.1 Å². The number of methoxy groups -OCH3 is 3. The third-order valence-electron chi connectivity index (χ3n) is 6.15. The molecule has 10 heteroatoms. The molecule has 0 aromatic heterocycles. The molecule has 32 heavy (non-hydrogen) atoms. The van der Waals surface area contributed by atoms with Crippen LogP contribution in [0.2, 0.25) is 0 Å². The molecule has 2 aromatic carbocycles. The summed E-state index contributed by atoms with van der Waals surface area (Å²) in [6.07, 6.45) is -0.562. The lowest BCUT2D eigenvalue weighted by atomic mass is 9.65. The van der Waals surface area contributed by atoms with Crippen LogP contribution in [0.25, 0.3) is 0 Å². The number of carbonyl (C=O) groups is 1. The van der Waals surface area contributed by atoms with Crippen LogP contribution in [-0.4, -0.2) is 43.8 Å². The van der Waals surface area contributed by atoms with E-state index in [1.807, 2.05) is 12.1 Å². The van der Waals surface area contributed by atoms with E-state index in [4.69, 9.17) is 28.5 Å². The molecule has 1 N–H and O–H groups in total. The highest BCUT2D eigenvalue weighted by Crippen LogP contribution is 2.56. The van der Waals surface area contributed by atoms with E-state index in [9.17, 15) is 9.90 Å². The van der Waals surface area contributed by atoms with E-state index in [2.05, 4.69) is 21.1 Å². The highest BCUT2D eigenvalue weighted by Gasteiger charge is 2.53. The van der Waals surface area contributed by atoms with Gasteiger partial charge in [-0.05, 0) is 51.3 Å². The molecule has 1 aliphatic carbocycles. The first kappa shape index (κ1) is 20.7. The van der Waals surface area contributed by atoms with Gasteiger partial charge in [-0.1, -0.05) is 5.16 Å². The number of oxime groups is 1. The van der Waals surface area contributed by atoms with E-state index < -0.39 is 29.8 Å². The molecule has 0 saturated heterocycles. The molecule has 4 atom stereocenters. The summed E-state index contributed by atoms with van der Waals surface area (Å²) < 4.78 is 28.1. The van der Waals surface area contributed by atoms with Crippen LogP contribution in [0, 0.1) is 11.8 Å². The van der Waals surface area contributed by atoms with Gasteiger partial charge in [-0.15, -0.1) is 0 Å². The first-order valence-electron chi connectivity index (χ1n) is 9.83. The van der Waals surface area contributed by atoms with E-state index in [0.29, 0.717) is 38.9 Å². The van der Waals surface area contributed by atoms with Gasteiger partial charge in [0.2, 0.25) is 12.5 Å². The van der Waals surface area contributed by atoms with Crippen LogP contribution in [0.3, 0.4) is 0 Å². The zero-order valence-corrected chi connectivity index (χ0v) is 19.0. The second kappa shape index (κ2) is 7.77. The van der Waals surface area contributed by atoms with Crippen molar-refractivity contribution in [2.45, 2.75) is 12.0 Å². The van der Waals surface area contributed by atoms with E-state index >= 15 is 0 Å². The summed E-state index contributed by atoms with van der Waals surface area (Å²) in [5.41, 5.74) is 2.25. The number of benzene rings is 2. The maximum Gasteiger partial charge on any atom is 0.308 e. The number of hydrogen-bond donors (Lipinski definition) is 1. The lowest BCUT2D eigenvalue weighted by Gasteiger charge is -2.38. The largest absolute Gasteiger partial charge is 0.493 e. The number of fused-ring (bicyclic) bond motifs is 4. The van der Waals surface area contributed by atoms with Crippen molar-refractivity contribution in [2.24, 2.45) is 17.0 Å². The van der Waals surface area contributed by atoms with Crippen molar-refractivity contribution in [1.82, 2.24) is 0 Å². The van der Waals surface area contributed by atoms with Crippen molar-refractivity contribution in [2.75, 3.05) is 28.1 Å². The van der Waals surface area contributed by atoms with Gasteiger partial charge in [0, 0.05) is 11.5 Å². The highest BCUT2D eigenvalue weighted by molar-refractivity contribution is 9.18. The Bertz CT molecular complexity index is 1110. The van der Waals surface area contributed by atoms with Gasteiger partial charge in [-0.3, -0.25) is 4.79 Å². The second-order valence-electron chi connectivity index (χ2n) is 7.60. The number of nitrogens with zero attached hydrogens (tertiary/aromatic N) is 1. The van der Waals surface area contributed by atoms with Crippen molar-refractivity contribution in [1.29, 1.82) is 0 Å². The topological polar surface area (TPSA) is 105 Å². The van der Waals surface area contributed by atoms with Crippen molar-refractivity contribution in [3.63, 3.8) is 0 Å². The molecular weight excluding hydrogens is 486 g/mol. The van der Waals surface area contributed by atoms with Gasteiger partial charge in [-0.25, -0.2) is 0 Å². The normalized spacial score (nSPS) is 24.7. The lowest BCUT2D eigenvalue weighted by molar-refractivity contribution is -0.145. The van der Waals surface area contributed by atoms with Crippen molar-refractivity contribution in [3.05, 3.63) is 41.0 Å². The molecule has 9 nitrogen and oxygen atoms in total. The highest BCUT2D eigenvalue weighted by atomic mass is 79.9. The lowest BCUT2D eigenvalue weighted by Crippen LogP contribution is -2.39. The Kier molecular flexibility index (Phi) is 5.04. The van der Waals surface area contributed by atoms with Crippen LogP contribution in [-0.2, 0) is 9.63 Å². The third kappa shape index (κ3) is 2.96. The van der Waals surface area contributed by atoms with Crippen LogP contribution >= 0.6 is 15.9 Å². The van der Waals surface area contributed by atoms with Crippen LogP contribution in [0.5, 0.6) is 28.7 Å². The average molecular weight is 506 g/mol. The molecule has 3 aliphatic rings. The minimum atomic E-state index is -0.972. The summed E-state index contributed by atoms with van der Waals surface area (Å²) in [6.45, 7) is 0.102. The fourth-order valence-electron chi connectivity index (χ4n) is 4.80. The molecule has 0 amide bonds. The number of ether oxygens (including phenoxy) is 5.